The lowest BCUT2D eigenvalue weighted by Gasteiger charge is -2.34. The first-order valence-corrected chi connectivity index (χ1v) is 10.9. The Bertz CT molecular complexity index is 850. The van der Waals surface area contributed by atoms with Crippen LogP contribution in [0.2, 0.25) is 0 Å². The zero-order valence-electron chi connectivity index (χ0n) is 17.8. The fourth-order valence-corrected chi connectivity index (χ4v) is 4.60. The SMILES string of the molecule is CC(C)(C)OC(=O)N1CCC[C@@H](Nc2ncnc3[nH]cc(CC4CCCC4)c23)C1. The smallest absolute Gasteiger partial charge is 0.410 e. The van der Waals surface area contributed by atoms with E-state index in [2.05, 4.69) is 26.5 Å². The minimum atomic E-state index is -0.476. The molecule has 1 aliphatic heterocycles. The first-order valence-electron chi connectivity index (χ1n) is 10.9. The van der Waals surface area contributed by atoms with Gasteiger partial charge < -0.3 is 19.9 Å². The zero-order chi connectivity index (χ0) is 20.4. The van der Waals surface area contributed by atoms with Gasteiger partial charge in [0.25, 0.3) is 0 Å². The number of anilines is 1. The standard InChI is InChI=1S/C22H33N5O2/c1-22(2,3)29-21(28)27-10-6-9-17(13-27)26-20-18-16(11-15-7-4-5-8-15)12-23-19(18)24-14-25-20/h12,14-15,17H,4-11,13H2,1-3H3,(H2,23,24,25,26)/t17-/m1/s1. The van der Waals surface area contributed by atoms with Gasteiger partial charge in [-0.25, -0.2) is 14.8 Å². The summed E-state index contributed by atoms with van der Waals surface area (Å²) >= 11 is 0. The Kier molecular flexibility index (Phi) is 5.65. The number of piperidine rings is 1. The van der Waals surface area contributed by atoms with Crippen LogP contribution in [0.3, 0.4) is 0 Å². The summed E-state index contributed by atoms with van der Waals surface area (Å²) < 4.78 is 5.56. The molecule has 4 rings (SSSR count). The minimum absolute atomic E-state index is 0.156. The van der Waals surface area contributed by atoms with Crippen molar-refractivity contribution in [3.8, 4) is 0 Å². The molecular formula is C22H33N5O2. The Morgan fingerprint density at radius 3 is 2.79 bits per heavy atom. The van der Waals surface area contributed by atoms with Gasteiger partial charge >= 0.3 is 6.09 Å². The molecule has 0 unspecified atom stereocenters. The van der Waals surface area contributed by atoms with Crippen molar-refractivity contribution in [3.05, 3.63) is 18.1 Å². The van der Waals surface area contributed by atoms with Crippen molar-refractivity contribution in [2.24, 2.45) is 5.92 Å². The van der Waals surface area contributed by atoms with Crippen molar-refractivity contribution in [2.45, 2.75) is 77.4 Å². The quantitative estimate of drug-likeness (QED) is 0.791. The third-order valence-corrected chi connectivity index (χ3v) is 5.95. The predicted octanol–water partition coefficient (Wildman–Crippen LogP) is 4.50. The normalized spacial score (nSPS) is 20.9. The molecule has 7 nitrogen and oxygen atoms in total. The van der Waals surface area contributed by atoms with E-state index in [0.717, 1.165) is 48.6 Å². The second kappa shape index (κ2) is 8.20. The van der Waals surface area contributed by atoms with Gasteiger partial charge in [0.05, 0.1) is 5.39 Å². The van der Waals surface area contributed by atoms with Crippen LogP contribution >= 0.6 is 0 Å². The van der Waals surface area contributed by atoms with E-state index in [-0.39, 0.29) is 12.1 Å². The van der Waals surface area contributed by atoms with Crippen LogP contribution in [0.4, 0.5) is 10.6 Å². The summed E-state index contributed by atoms with van der Waals surface area (Å²) in [6, 6.07) is 0.156. The molecule has 1 saturated heterocycles. The van der Waals surface area contributed by atoms with E-state index in [0.29, 0.717) is 6.54 Å². The van der Waals surface area contributed by atoms with Gasteiger partial charge in [0.15, 0.2) is 0 Å². The van der Waals surface area contributed by atoms with Gasteiger partial charge in [0.1, 0.15) is 23.4 Å². The van der Waals surface area contributed by atoms with Gasteiger partial charge in [-0.05, 0) is 51.5 Å². The van der Waals surface area contributed by atoms with Crippen LogP contribution in [-0.2, 0) is 11.2 Å². The zero-order valence-corrected chi connectivity index (χ0v) is 17.8. The summed E-state index contributed by atoms with van der Waals surface area (Å²) in [4.78, 5) is 26.6. The fourth-order valence-electron chi connectivity index (χ4n) is 4.60. The van der Waals surface area contributed by atoms with E-state index < -0.39 is 5.60 Å². The van der Waals surface area contributed by atoms with E-state index in [9.17, 15) is 4.79 Å². The number of fused-ring (bicyclic) bond motifs is 1. The highest BCUT2D eigenvalue weighted by Gasteiger charge is 2.28. The van der Waals surface area contributed by atoms with Gasteiger partial charge in [-0.15, -0.1) is 0 Å². The van der Waals surface area contributed by atoms with Crippen molar-refractivity contribution in [1.29, 1.82) is 0 Å². The Morgan fingerprint density at radius 1 is 1.24 bits per heavy atom. The monoisotopic (exact) mass is 399 g/mol. The van der Waals surface area contributed by atoms with E-state index in [4.69, 9.17) is 4.74 Å². The fraction of sp³-hybridized carbons (Fsp3) is 0.682. The Labute approximate surface area is 172 Å². The molecule has 2 fully saturated rings. The van der Waals surface area contributed by atoms with E-state index in [1.165, 1.54) is 31.2 Å². The second-order valence-electron chi connectivity index (χ2n) is 9.52. The minimum Gasteiger partial charge on any atom is -0.444 e. The van der Waals surface area contributed by atoms with Crippen LogP contribution < -0.4 is 5.32 Å². The van der Waals surface area contributed by atoms with Crippen molar-refractivity contribution in [2.75, 3.05) is 18.4 Å². The molecule has 0 radical (unpaired) electrons. The number of hydrogen-bond donors (Lipinski definition) is 2. The topological polar surface area (TPSA) is 83.1 Å². The van der Waals surface area contributed by atoms with Gasteiger partial charge in [-0.1, -0.05) is 25.7 Å². The number of H-pyrrole nitrogens is 1. The molecule has 0 bridgehead atoms. The van der Waals surface area contributed by atoms with Crippen LogP contribution in [0.5, 0.6) is 0 Å². The number of carbonyl (C=O) groups excluding carboxylic acids is 1. The molecule has 2 aromatic rings. The molecule has 0 spiro atoms. The number of nitrogens with one attached hydrogen (secondary N) is 2. The number of aromatic nitrogens is 3. The third-order valence-electron chi connectivity index (χ3n) is 5.95. The molecule has 1 amide bonds. The lowest BCUT2D eigenvalue weighted by atomic mass is 9.98. The number of likely N-dealkylation sites (tertiary alicyclic amines) is 1. The number of ether oxygens (including phenoxy) is 1. The van der Waals surface area contributed by atoms with Crippen molar-refractivity contribution in [1.82, 2.24) is 19.9 Å². The molecule has 3 heterocycles. The highest BCUT2D eigenvalue weighted by Crippen LogP contribution is 2.32. The average Bonchev–Trinajstić information content (AvgIpc) is 3.32. The maximum atomic E-state index is 12.5. The number of nitrogens with zero attached hydrogens (tertiary/aromatic N) is 3. The highest BCUT2D eigenvalue weighted by atomic mass is 16.6. The number of carbonyl (C=O) groups is 1. The van der Waals surface area contributed by atoms with Gasteiger partial charge in [-0.2, -0.15) is 0 Å². The highest BCUT2D eigenvalue weighted by molar-refractivity contribution is 5.90. The molecular weight excluding hydrogens is 366 g/mol. The molecule has 2 aromatic heterocycles. The maximum absolute atomic E-state index is 12.5. The van der Waals surface area contributed by atoms with Crippen LogP contribution in [0.15, 0.2) is 12.5 Å². The van der Waals surface area contributed by atoms with Crippen LogP contribution in [-0.4, -0.2) is 50.7 Å². The Balaban J connectivity index is 1.48. The second-order valence-corrected chi connectivity index (χ2v) is 9.52. The number of aromatic amines is 1. The number of hydrogen-bond acceptors (Lipinski definition) is 5. The number of rotatable bonds is 4. The number of amides is 1. The summed E-state index contributed by atoms with van der Waals surface area (Å²) in [5, 5.41) is 4.71. The van der Waals surface area contributed by atoms with E-state index >= 15 is 0 Å². The largest absolute Gasteiger partial charge is 0.444 e. The molecule has 1 atom stereocenters. The van der Waals surface area contributed by atoms with Crippen molar-refractivity contribution >= 4 is 22.9 Å². The predicted molar refractivity (Wildman–Crippen MR) is 114 cm³/mol. The van der Waals surface area contributed by atoms with Crippen molar-refractivity contribution < 1.29 is 9.53 Å². The molecule has 1 aliphatic carbocycles. The summed E-state index contributed by atoms with van der Waals surface area (Å²) in [6.45, 7) is 7.08. The lowest BCUT2D eigenvalue weighted by Crippen LogP contribution is -2.47. The first kappa shape index (κ1) is 20.0. The molecule has 2 N–H and O–H groups in total. The molecule has 158 valence electrons. The summed E-state index contributed by atoms with van der Waals surface area (Å²) in [5.41, 5.74) is 1.71. The van der Waals surface area contributed by atoms with Crippen LogP contribution in [0.1, 0.15) is 64.9 Å². The lowest BCUT2D eigenvalue weighted by molar-refractivity contribution is 0.0206. The molecule has 7 heteroatoms. The molecule has 0 aromatic carbocycles. The Morgan fingerprint density at radius 2 is 2.03 bits per heavy atom. The van der Waals surface area contributed by atoms with E-state index in [1.807, 2.05) is 20.8 Å². The molecule has 29 heavy (non-hydrogen) atoms. The summed E-state index contributed by atoms with van der Waals surface area (Å²) in [5.74, 6) is 1.64. The van der Waals surface area contributed by atoms with Gasteiger partial charge in [0.2, 0.25) is 0 Å². The van der Waals surface area contributed by atoms with Crippen LogP contribution in [0.25, 0.3) is 11.0 Å². The van der Waals surface area contributed by atoms with Crippen LogP contribution in [0, 0.1) is 5.92 Å². The maximum Gasteiger partial charge on any atom is 0.410 e. The van der Waals surface area contributed by atoms with Crippen molar-refractivity contribution in [3.63, 3.8) is 0 Å². The summed E-state index contributed by atoms with van der Waals surface area (Å²) in [7, 11) is 0. The van der Waals surface area contributed by atoms with Gasteiger partial charge in [0, 0.05) is 25.3 Å². The summed E-state index contributed by atoms with van der Waals surface area (Å²) in [6.07, 6.45) is 11.8. The van der Waals surface area contributed by atoms with E-state index in [1.54, 1.807) is 11.2 Å². The first-order chi connectivity index (χ1) is 13.9. The van der Waals surface area contributed by atoms with Gasteiger partial charge in [-0.3, -0.25) is 0 Å². The third kappa shape index (κ3) is 4.82. The molecule has 1 saturated carbocycles. The molecule has 2 aliphatic rings. The average molecular weight is 400 g/mol. The Hall–Kier alpha value is -2.31.